The van der Waals surface area contributed by atoms with Crippen LogP contribution in [0.25, 0.3) is 21.7 Å². The Morgan fingerprint density at radius 1 is 1.00 bits per heavy atom. The van der Waals surface area contributed by atoms with Crippen molar-refractivity contribution in [1.82, 2.24) is 4.57 Å². The minimum absolute atomic E-state index is 0.118. The van der Waals surface area contributed by atoms with Crippen molar-refractivity contribution in [3.8, 4) is 0 Å². The highest BCUT2D eigenvalue weighted by Gasteiger charge is 2.23. The fourth-order valence-corrected chi connectivity index (χ4v) is 3.05. The van der Waals surface area contributed by atoms with Crippen molar-refractivity contribution in [3.63, 3.8) is 0 Å². The number of fused-ring (bicyclic) bond motifs is 3. The maximum atomic E-state index is 12.9. The lowest BCUT2D eigenvalue weighted by Crippen LogP contribution is -2.33. The Kier molecular flexibility index (Phi) is 2.96. The predicted octanol–water partition coefficient (Wildman–Crippen LogP) is 2.85. The fraction of sp³-hybridized carbons (Fsp3) is 0.222. The van der Waals surface area contributed by atoms with Crippen LogP contribution in [0.15, 0.2) is 58.5 Å². The molecule has 3 aromatic rings. The first-order valence-corrected chi connectivity index (χ1v) is 7.52. The van der Waals surface area contributed by atoms with Gasteiger partial charge < -0.3 is 9.77 Å². The van der Waals surface area contributed by atoms with Crippen LogP contribution in [0.1, 0.15) is 12.8 Å². The van der Waals surface area contributed by atoms with Crippen molar-refractivity contribution in [2.45, 2.75) is 19.4 Å². The number of hydrogen-bond donors (Lipinski definition) is 1. The monoisotopic (exact) mass is 292 g/mol. The molecule has 0 spiro atoms. The van der Waals surface area contributed by atoms with Crippen molar-refractivity contribution in [1.29, 1.82) is 0 Å². The Labute approximate surface area is 126 Å². The molecule has 110 valence electrons. The topological polar surface area (TPSA) is 54.6 Å². The van der Waals surface area contributed by atoms with Crippen LogP contribution < -0.4 is 10.9 Å². The summed E-state index contributed by atoms with van der Waals surface area (Å²) in [5, 5.41) is 15.5. The lowest BCUT2D eigenvalue weighted by Gasteiger charge is -2.05. The molecule has 1 aromatic heterocycles. The zero-order chi connectivity index (χ0) is 15.1. The van der Waals surface area contributed by atoms with Crippen LogP contribution in [0.4, 0.5) is 0 Å². The molecule has 4 rings (SSSR count). The van der Waals surface area contributed by atoms with Gasteiger partial charge >= 0.3 is 0 Å². The average molecular weight is 292 g/mol. The lowest BCUT2D eigenvalue weighted by molar-refractivity contribution is 0.301. The van der Waals surface area contributed by atoms with Gasteiger partial charge in [0.15, 0.2) is 5.36 Å². The number of rotatable bonds is 2. The Morgan fingerprint density at radius 2 is 1.64 bits per heavy atom. The van der Waals surface area contributed by atoms with Crippen LogP contribution >= 0.6 is 0 Å². The van der Waals surface area contributed by atoms with E-state index in [0.717, 1.165) is 29.1 Å². The molecule has 4 heteroatoms. The Hall–Kier alpha value is -2.62. The zero-order valence-corrected chi connectivity index (χ0v) is 12.1. The molecule has 0 atom stereocenters. The molecule has 0 amide bonds. The van der Waals surface area contributed by atoms with Gasteiger partial charge in [0.2, 0.25) is 0 Å². The molecule has 1 heterocycles. The van der Waals surface area contributed by atoms with Crippen molar-refractivity contribution in [2.75, 3.05) is 0 Å². The summed E-state index contributed by atoms with van der Waals surface area (Å²) in [6.07, 6.45) is 2.31. The first kappa shape index (κ1) is 13.1. The van der Waals surface area contributed by atoms with E-state index in [1.165, 1.54) is 0 Å². The first-order valence-electron chi connectivity index (χ1n) is 7.52. The summed E-state index contributed by atoms with van der Waals surface area (Å²) in [5.74, 6) is 0.554. The van der Waals surface area contributed by atoms with Crippen LogP contribution in [-0.4, -0.2) is 9.77 Å². The van der Waals surface area contributed by atoms with Gasteiger partial charge in [0.05, 0.1) is 5.52 Å². The van der Waals surface area contributed by atoms with Crippen LogP contribution in [0.2, 0.25) is 0 Å². The Bertz CT molecular complexity index is 1000. The molecule has 1 saturated carbocycles. The molecule has 2 aromatic carbocycles. The summed E-state index contributed by atoms with van der Waals surface area (Å²) in [6, 6.07) is 15.5. The highest BCUT2D eigenvalue weighted by molar-refractivity contribution is 6.04. The molecule has 1 N–H and O–H groups in total. The number of nitrogens with zero attached hydrogens (tertiary/aromatic N) is 2. The molecule has 4 nitrogen and oxygen atoms in total. The minimum atomic E-state index is -0.230. The summed E-state index contributed by atoms with van der Waals surface area (Å²) >= 11 is 0. The SMILES string of the molecule is O=c1/c(=N\O)c2ccccc2c2ccccc2n1CC1CC1. The van der Waals surface area contributed by atoms with Crippen molar-refractivity contribution >= 4 is 21.7 Å². The van der Waals surface area contributed by atoms with Crippen LogP contribution in [0.3, 0.4) is 0 Å². The summed E-state index contributed by atoms with van der Waals surface area (Å²) in [7, 11) is 0. The van der Waals surface area contributed by atoms with Crippen molar-refractivity contribution < 1.29 is 5.21 Å². The van der Waals surface area contributed by atoms with Gasteiger partial charge in [-0.15, -0.1) is 0 Å². The molecule has 0 unspecified atom stereocenters. The van der Waals surface area contributed by atoms with Gasteiger partial charge in [0, 0.05) is 17.3 Å². The standard InChI is InChI=1S/C18H16N2O2/c21-18-17(19-22)15-7-2-1-5-13(15)14-6-3-4-8-16(14)20(18)11-12-9-10-12/h1-8,12,22H,9-11H2/b19-17-. The molecule has 0 bridgehead atoms. The van der Waals surface area contributed by atoms with Crippen LogP contribution in [0, 0.1) is 5.92 Å². The summed E-state index contributed by atoms with van der Waals surface area (Å²) in [6.45, 7) is 0.683. The van der Waals surface area contributed by atoms with Gasteiger partial charge in [-0.1, -0.05) is 47.6 Å². The number of hydrogen-bond acceptors (Lipinski definition) is 3. The van der Waals surface area contributed by atoms with Crippen LogP contribution in [0.5, 0.6) is 0 Å². The van der Waals surface area contributed by atoms with E-state index in [1.54, 1.807) is 4.57 Å². The van der Waals surface area contributed by atoms with Gasteiger partial charge in [-0.2, -0.15) is 0 Å². The van der Waals surface area contributed by atoms with Gasteiger partial charge in [-0.05, 0) is 30.2 Å². The summed E-state index contributed by atoms with van der Waals surface area (Å²) in [4.78, 5) is 12.9. The molecule has 22 heavy (non-hydrogen) atoms. The third-order valence-electron chi connectivity index (χ3n) is 4.35. The Balaban J connectivity index is 2.30. The molecule has 1 fully saturated rings. The maximum Gasteiger partial charge on any atom is 0.280 e. The first-order chi connectivity index (χ1) is 10.8. The smallest absolute Gasteiger partial charge is 0.280 e. The molecule has 0 saturated heterocycles. The fourth-order valence-electron chi connectivity index (χ4n) is 3.05. The minimum Gasteiger partial charge on any atom is -0.410 e. The molecule has 1 aliphatic carbocycles. The third-order valence-corrected chi connectivity index (χ3v) is 4.35. The maximum absolute atomic E-state index is 12.9. The predicted molar refractivity (Wildman–Crippen MR) is 85.8 cm³/mol. The average Bonchev–Trinajstić information content (AvgIpc) is 3.38. The molecule has 0 radical (unpaired) electrons. The number of benzene rings is 2. The van der Waals surface area contributed by atoms with Gasteiger partial charge in [0.1, 0.15) is 0 Å². The highest BCUT2D eigenvalue weighted by Crippen LogP contribution is 2.31. The van der Waals surface area contributed by atoms with Crippen LogP contribution in [-0.2, 0) is 6.54 Å². The summed E-state index contributed by atoms with van der Waals surface area (Å²) in [5.41, 5.74) is 0.664. The third kappa shape index (κ3) is 1.99. The van der Waals surface area contributed by atoms with E-state index in [-0.39, 0.29) is 10.9 Å². The van der Waals surface area contributed by atoms with E-state index in [0.29, 0.717) is 17.8 Å². The quantitative estimate of drug-likeness (QED) is 0.583. The van der Waals surface area contributed by atoms with Gasteiger partial charge in [0.25, 0.3) is 5.56 Å². The molecule has 0 aliphatic heterocycles. The van der Waals surface area contributed by atoms with E-state index < -0.39 is 0 Å². The Morgan fingerprint density at radius 3 is 2.32 bits per heavy atom. The molecule has 1 aliphatic rings. The second-order valence-corrected chi connectivity index (χ2v) is 5.87. The van der Waals surface area contributed by atoms with Crippen molar-refractivity contribution in [2.24, 2.45) is 11.1 Å². The number of para-hydroxylation sites is 1. The van der Waals surface area contributed by atoms with Gasteiger partial charge in [-0.3, -0.25) is 4.79 Å². The van der Waals surface area contributed by atoms with Crippen molar-refractivity contribution in [3.05, 3.63) is 64.2 Å². The molecular formula is C18H16N2O2. The zero-order valence-electron chi connectivity index (χ0n) is 12.1. The van der Waals surface area contributed by atoms with Gasteiger partial charge in [-0.25, -0.2) is 0 Å². The number of aromatic nitrogens is 1. The lowest BCUT2D eigenvalue weighted by atomic mass is 10.1. The van der Waals surface area contributed by atoms with E-state index in [9.17, 15) is 10.0 Å². The largest absolute Gasteiger partial charge is 0.410 e. The van der Waals surface area contributed by atoms with E-state index >= 15 is 0 Å². The van der Waals surface area contributed by atoms with E-state index in [4.69, 9.17) is 0 Å². The summed E-state index contributed by atoms with van der Waals surface area (Å²) < 4.78 is 1.77. The van der Waals surface area contributed by atoms with E-state index in [1.807, 2.05) is 48.5 Å². The second kappa shape index (κ2) is 4.98. The normalized spacial score (nSPS) is 15.5. The second-order valence-electron chi connectivity index (χ2n) is 5.87. The molecular weight excluding hydrogens is 276 g/mol. The highest BCUT2D eigenvalue weighted by atomic mass is 16.4. The van der Waals surface area contributed by atoms with E-state index in [2.05, 4.69) is 5.16 Å².